The van der Waals surface area contributed by atoms with Crippen molar-refractivity contribution in [3.05, 3.63) is 86.9 Å². The molecule has 0 fully saturated rings. The van der Waals surface area contributed by atoms with E-state index in [9.17, 15) is 28.1 Å². The summed E-state index contributed by atoms with van der Waals surface area (Å²) >= 11 is 5.93. The summed E-state index contributed by atoms with van der Waals surface area (Å²) in [7, 11) is 1.27. The van der Waals surface area contributed by atoms with Gasteiger partial charge in [-0.2, -0.15) is 13.2 Å². The van der Waals surface area contributed by atoms with E-state index in [-0.39, 0.29) is 46.5 Å². The Labute approximate surface area is 196 Å². The van der Waals surface area contributed by atoms with Gasteiger partial charge in [0, 0.05) is 18.6 Å². The number of halogens is 4. The number of hydrogen-bond acceptors (Lipinski definition) is 6. The highest BCUT2D eigenvalue weighted by molar-refractivity contribution is 6.32. The lowest BCUT2D eigenvalue weighted by Gasteiger charge is -2.14. The SMILES string of the molecule is COC(=O)CCc1ccccc1Oc1cc(Oc2ccc(C(F)(F)F)cc2Cl)ccc1[N+](=O)[O-]. The van der Waals surface area contributed by atoms with Gasteiger partial charge in [0.05, 0.1) is 22.6 Å². The fourth-order valence-electron chi connectivity index (χ4n) is 2.94. The van der Waals surface area contributed by atoms with Crippen LogP contribution in [-0.2, 0) is 22.1 Å². The van der Waals surface area contributed by atoms with Crippen molar-refractivity contribution < 1.29 is 37.1 Å². The van der Waals surface area contributed by atoms with Crippen molar-refractivity contribution >= 4 is 23.3 Å². The highest BCUT2D eigenvalue weighted by Crippen LogP contribution is 2.40. The van der Waals surface area contributed by atoms with Crippen LogP contribution in [0.2, 0.25) is 5.02 Å². The van der Waals surface area contributed by atoms with Gasteiger partial charge in [-0.3, -0.25) is 14.9 Å². The van der Waals surface area contributed by atoms with Crippen LogP contribution in [0.3, 0.4) is 0 Å². The van der Waals surface area contributed by atoms with Crippen LogP contribution in [0.15, 0.2) is 60.7 Å². The molecule has 0 aromatic heterocycles. The van der Waals surface area contributed by atoms with Gasteiger partial charge >= 0.3 is 17.8 Å². The minimum absolute atomic E-state index is 0.0503. The molecule has 3 aromatic rings. The molecule has 0 N–H and O–H groups in total. The van der Waals surface area contributed by atoms with E-state index in [1.54, 1.807) is 24.3 Å². The number of carbonyl (C=O) groups excluding carboxylic acids is 1. The number of carbonyl (C=O) groups is 1. The van der Waals surface area contributed by atoms with Gasteiger partial charge in [-0.25, -0.2) is 0 Å². The topological polar surface area (TPSA) is 87.9 Å². The Morgan fingerprint density at radius 2 is 1.74 bits per heavy atom. The molecule has 178 valence electrons. The first-order valence-electron chi connectivity index (χ1n) is 9.74. The summed E-state index contributed by atoms with van der Waals surface area (Å²) in [5.41, 5.74) is -0.700. The number of methoxy groups -OCH3 is 1. The van der Waals surface area contributed by atoms with Crippen molar-refractivity contribution in [3.63, 3.8) is 0 Å². The van der Waals surface area contributed by atoms with Gasteiger partial charge in [0.1, 0.15) is 17.2 Å². The van der Waals surface area contributed by atoms with Crippen molar-refractivity contribution in [1.82, 2.24) is 0 Å². The van der Waals surface area contributed by atoms with Crippen molar-refractivity contribution in [2.75, 3.05) is 7.11 Å². The van der Waals surface area contributed by atoms with Crippen LogP contribution >= 0.6 is 11.6 Å². The second kappa shape index (κ2) is 10.4. The lowest BCUT2D eigenvalue weighted by atomic mass is 10.1. The van der Waals surface area contributed by atoms with Crippen LogP contribution in [0, 0.1) is 10.1 Å². The summed E-state index contributed by atoms with van der Waals surface area (Å²) in [6.45, 7) is 0. The number of para-hydroxylation sites is 1. The number of nitrogens with zero attached hydrogens (tertiary/aromatic N) is 1. The molecule has 0 unspecified atom stereocenters. The third-order valence-corrected chi connectivity index (χ3v) is 4.93. The van der Waals surface area contributed by atoms with Gasteiger partial charge in [-0.05, 0) is 42.3 Å². The summed E-state index contributed by atoms with van der Waals surface area (Å²) in [5, 5.41) is 11.2. The molecule has 7 nitrogen and oxygen atoms in total. The number of esters is 1. The summed E-state index contributed by atoms with van der Waals surface area (Å²) in [4.78, 5) is 22.3. The first-order chi connectivity index (χ1) is 16.1. The van der Waals surface area contributed by atoms with E-state index in [1.165, 1.54) is 19.2 Å². The number of nitro groups is 1. The molecular formula is C23H17ClF3NO6. The Bertz CT molecular complexity index is 1220. The van der Waals surface area contributed by atoms with Gasteiger partial charge in [-0.15, -0.1) is 0 Å². The zero-order chi connectivity index (χ0) is 24.9. The van der Waals surface area contributed by atoms with Crippen LogP contribution in [0.5, 0.6) is 23.0 Å². The molecule has 0 aliphatic heterocycles. The number of aryl methyl sites for hydroxylation is 1. The van der Waals surface area contributed by atoms with Gasteiger partial charge in [0.25, 0.3) is 0 Å². The molecule has 0 radical (unpaired) electrons. The largest absolute Gasteiger partial charge is 0.469 e. The number of benzene rings is 3. The molecule has 0 saturated carbocycles. The summed E-state index contributed by atoms with van der Waals surface area (Å²) in [6.07, 6.45) is -4.22. The van der Waals surface area contributed by atoms with E-state index in [1.807, 2.05) is 0 Å². The average Bonchev–Trinajstić information content (AvgIpc) is 2.79. The summed E-state index contributed by atoms with van der Waals surface area (Å²) in [5.74, 6) is -0.345. The summed E-state index contributed by atoms with van der Waals surface area (Å²) < 4.78 is 54.5. The molecule has 3 aromatic carbocycles. The molecule has 0 bridgehead atoms. The predicted molar refractivity (Wildman–Crippen MR) is 116 cm³/mol. The second-order valence-electron chi connectivity index (χ2n) is 6.92. The molecule has 0 spiro atoms. The standard InChI is InChI=1S/C23H17ClF3NO6/c1-32-22(29)11-6-14-4-2-3-5-19(14)34-21-13-16(8-9-18(21)28(30)31)33-20-10-7-15(12-17(20)24)23(25,26)27/h2-5,7-10,12-13H,6,11H2,1H3. The Balaban J connectivity index is 1.90. The van der Waals surface area contributed by atoms with Crippen molar-refractivity contribution in [2.45, 2.75) is 19.0 Å². The zero-order valence-corrected chi connectivity index (χ0v) is 18.4. The molecule has 34 heavy (non-hydrogen) atoms. The minimum atomic E-state index is -4.57. The van der Waals surface area contributed by atoms with E-state index >= 15 is 0 Å². The maximum absolute atomic E-state index is 12.9. The maximum atomic E-state index is 12.9. The van der Waals surface area contributed by atoms with Crippen LogP contribution in [0.25, 0.3) is 0 Å². The quantitative estimate of drug-likeness (QED) is 0.191. The van der Waals surface area contributed by atoms with E-state index in [0.29, 0.717) is 5.56 Å². The number of alkyl halides is 3. The van der Waals surface area contributed by atoms with Crippen molar-refractivity contribution in [1.29, 1.82) is 0 Å². The first-order valence-corrected chi connectivity index (χ1v) is 10.1. The lowest BCUT2D eigenvalue weighted by Crippen LogP contribution is -2.04. The first kappa shape index (κ1) is 24.8. The highest BCUT2D eigenvalue weighted by atomic mass is 35.5. The Morgan fingerprint density at radius 3 is 2.38 bits per heavy atom. The Kier molecular flexibility index (Phi) is 7.62. The van der Waals surface area contributed by atoms with Gasteiger partial charge in [0.2, 0.25) is 5.75 Å². The third kappa shape index (κ3) is 6.16. The van der Waals surface area contributed by atoms with Crippen LogP contribution < -0.4 is 9.47 Å². The molecule has 0 saturated heterocycles. The number of nitro benzene ring substituents is 1. The second-order valence-corrected chi connectivity index (χ2v) is 7.32. The molecular weight excluding hydrogens is 479 g/mol. The Hall–Kier alpha value is -3.79. The van der Waals surface area contributed by atoms with E-state index in [0.717, 1.165) is 24.3 Å². The van der Waals surface area contributed by atoms with Crippen molar-refractivity contribution in [3.8, 4) is 23.0 Å². The van der Waals surface area contributed by atoms with Crippen molar-refractivity contribution in [2.24, 2.45) is 0 Å². The molecule has 0 heterocycles. The smallest absolute Gasteiger partial charge is 0.416 e. The molecule has 3 rings (SSSR count). The molecule has 0 aliphatic carbocycles. The predicted octanol–water partition coefficient (Wildman–Crippen LogP) is 6.96. The molecule has 0 amide bonds. The molecule has 0 atom stereocenters. The van der Waals surface area contributed by atoms with Gasteiger partial charge in [0.15, 0.2) is 0 Å². The molecule has 0 aliphatic rings. The lowest BCUT2D eigenvalue weighted by molar-refractivity contribution is -0.385. The van der Waals surface area contributed by atoms with E-state index in [2.05, 4.69) is 4.74 Å². The minimum Gasteiger partial charge on any atom is -0.469 e. The van der Waals surface area contributed by atoms with Crippen LogP contribution in [0.4, 0.5) is 18.9 Å². The van der Waals surface area contributed by atoms with Gasteiger partial charge < -0.3 is 14.2 Å². The van der Waals surface area contributed by atoms with Gasteiger partial charge in [-0.1, -0.05) is 29.8 Å². The van der Waals surface area contributed by atoms with Crippen LogP contribution in [-0.4, -0.2) is 18.0 Å². The number of rotatable bonds is 8. The fraction of sp³-hybridized carbons (Fsp3) is 0.174. The van der Waals surface area contributed by atoms with E-state index in [4.69, 9.17) is 21.1 Å². The zero-order valence-electron chi connectivity index (χ0n) is 17.6. The normalized spacial score (nSPS) is 11.1. The van der Waals surface area contributed by atoms with Crippen LogP contribution in [0.1, 0.15) is 17.5 Å². The molecule has 11 heteroatoms. The highest BCUT2D eigenvalue weighted by Gasteiger charge is 2.31. The number of ether oxygens (including phenoxy) is 3. The summed E-state index contributed by atoms with van der Waals surface area (Å²) in [6, 6.07) is 12.9. The average molecular weight is 496 g/mol. The fourth-order valence-corrected chi connectivity index (χ4v) is 3.16. The number of hydrogen-bond donors (Lipinski definition) is 0. The maximum Gasteiger partial charge on any atom is 0.416 e. The Morgan fingerprint density at radius 1 is 1.00 bits per heavy atom. The monoisotopic (exact) mass is 495 g/mol. The van der Waals surface area contributed by atoms with E-state index < -0.39 is 22.6 Å². The third-order valence-electron chi connectivity index (χ3n) is 4.63.